The number of nitrogens with one attached hydrogen (secondary N) is 2. The molecule has 0 amide bonds. The fourth-order valence-corrected chi connectivity index (χ4v) is 1.70. The van der Waals surface area contributed by atoms with E-state index in [4.69, 9.17) is 0 Å². The summed E-state index contributed by atoms with van der Waals surface area (Å²) in [7, 11) is 1.88. The van der Waals surface area contributed by atoms with Crippen LogP contribution in [0.15, 0.2) is 6.07 Å². The molecule has 1 heterocycles. The van der Waals surface area contributed by atoms with Gasteiger partial charge < -0.3 is 10.6 Å². The number of aryl methyl sites for hydroxylation is 1. The van der Waals surface area contributed by atoms with Crippen molar-refractivity contribution in [1.29, 1.82) is 0 Å². The van der Waals surface area contributed by atoms with Crippen LogP contribution in [0.5, 0.6) is 0 Å². The topological polar surface area (TPSA) is 49.8 Å². The van der Waals surface area contributed by atoms with Crippen LogP contribution in [0.4, 0.5) is 11.6 Å². The van der Waals surface area contributed by atoms with Crippen molar-refractivity contribution >= 4 is 11.6 Å². The molecule has 0 bridgehead atoms. The molecule has 0 unspecified atom stereocenters. The van der Waals surface area contributed by atoms with E-state index < -0.39 is 0 Å². The monoisotopic (exact) mass is 236 g/mol. The number of hydrogen-bond donors (Lipinski definition) is 2. The van der Waals surface area contributed by atoms with E-state index in [-0.39, 0.29) is 0 Å². The maximum Gasteiger partial charge on any atom is 0.132 e. The molecule has 4 nitrogen and oxygen atoms in total. The van der Waals surface area contributed by atoms with Crippen LogP contribution >= 0.6 is 0 Å². The molecular formula is C13H24N4. The SMILES string of the molecule is CCc1nc(NC)cc(NCC(CC)CC)n1. The van der Waals surface area contributed by atoms with E-state index in [1.807, 2.05) is 13.1 Å². The van der Waals surface area contributed by atoms with Gasteiger partial charge in [0.1, 0.15) is 17.5 Å². The molecule has 1 aromatic rings. The molecule has 17 heavy (non-hydrogen) atoms. The van der Waals surface area contributed by atoms with Crippen molar-refractivity contribution in [2.24, 2.45) is 5.92 Å². The zero-order valence-electron chi connectivity index (χ0n) is 11.4. The third-order valence-electron chi connectivity index (χ3n) is 3.07. The molecule has 0 radical (unpaired) electrons. The summed E-state index contributed by atoms with van der Waals surface area (Å²) < 4.78 is 0. The molecule has 96 valence electrons. The zero-order valence-corrected chi connectivity index (χ0v) is 11.4. The Balaban J connectivity index is 2.69. The van der Waals surface area contributed by atoms with Gasteiger partial charge in [0.2, 0.25) is 0 Å². The Kier molecular flexibility index (Phi) is 5.73. The molecule has 0 atom stereocenters. The molecule has 2 N–H and O–H groups in total. The average molecular weight is 236 g/mol. The summed E-state index contributed by atoms with van der Waals surface area (Å²) in [6.07, 6.45) is 3.26. The number of hydrogen-bond acceptors (Lipinski definition) is 4. The minimum Gasteiger partial charge on any atom is -0.373 e. The van der Waals surface area contributed by atoms with Crippen molar-refractivity contribution in [3.8, 4) is 0 Å². The van der Waals surface area contributed by atoms with E-state index in [1.54, 1.807) is 0 Å². The van der Waals surface area contributed by atoms with Gasteiger partial charge in [0, 0.05) is 26.1 Å². The van der Waals surface area contributed by atoms with Crippen LogP contribution in [0.2, 0.25) is 0 Å². The van der Waals surface area contributed by atoms with Crippen molar-refractivity contribution in [1.82, 2.24) is 9.97 Å². The van der Waals surface area contributed by atoms with Gasteiger partial charge in [-0.2, -0.15) is 0 Å². The first-order valence-electron chi connectivity index (χ1n) is 6.52. The van der Waals surface area contributed by atoms with Crippen LogP contribution in [-0.4, -0.2) is 23.6 Å². The van der Waals surface area contributed by atoms with Crippen LogP contribution < -0.4 is 10.6 Å². The van der Waals surface area contributed by atoms with Crippen molar-refractivity contribution in [2.45, 2.75) is 40.0 Å². The second-order valence-corrected chi connectivity index (χ2v) is 4.22. The van der Waals surface area contributed by atoms with E-state index >= 15 is 0 Å². The predicted molar refractivity (Wildman–Crippen MR) is 73.5 cm³/mol. The Hall–Kier alpha value is -1.32. The molecule has 1 rings (SSSR count). The Morgan fingerprint density at radius 1 is 1.12 bits per heavy atom. The van der Waals surface area contributed by atoms with Crippen LogP contribution in [0.25, 0.3) is 0 Å². The third kappa shape index (κ3) is 4.21. The smallest absolute Gasteiger partial charge is 0.132 e. The van der Waals surface area contributed by atoms with Crippen LogP contribution in [-0.2, 0) is 6.42 Å². The summed E-state index contributed by atoms with van der Waals surface area (Å²) in [5.41, 5.74) is 0. The fourth-order valence-electron chi connectivity index (χ4n) is 1.70. The second kappa shape index (κ2) is 7.09. The van der Waals surface area contributed by atoms with E-state index in [0.717, 1.165) is 30.4 Å². The number of anilines is 2. The first-order chi connectivity index (χ1) is 8.23. The van der Waals surface area contributed by atoms with Gasteiger partial charge in [-0.15, -0.1) is 0 Å². The lowest BCUT2D eigenvalue weighted by atomic mass is 10.0. The molecule has 4 heteroatoms. The largest absolute Gasteiger partial charge is 0.373 e. The molecular weight excluding hydrogens is 212 g/mol. The summed E-state index contributed by atoms with van der Waals surface area (Å²) in [6.45, 7) is 7.51. The quantitative estimate of drug-likeness (QED) is 0.764. The first kappa shape index (κ1) is 13.7. The third-order valence-corrected chi connectivity index (χ3v) is 3.07. The molecule has 0 aromatic carbocycles. The van der Waals surface area contributed by atoms with Crippen LogP contribution in [0.3, 0.4) is 0 Å². The van der Waals surface area contributed by atoms with Crippen molar-refractivity contribution < 1.29 is 0 Å². The van der Waals surface area contributed by atoms with Gasteiger partial charge in [-0.3, -0.25) is 0 Å². The number of nitrogens with zero attached hydrogens (tertiary/aromatic N) is 2. The maximum atomic E-state index is 4.48. The fraction of sp³-hybridized carbons (Fsp3) is 0.692. The molecule has 0 aliphatic carbocycles. The minimum absolute atomic E-state index is 0.716. The lowest BCUT2D eigenvalue weighted by Crippen LogP contribution is -2.14. The van der Waals surface area contributed by atoms with Gasteiger partial charge in [0.25, 0.3) is 0 Å². The molecule has 0 fully saturated rings. The molecule has 0 aliphatic heterocycles. The Labute approximate surface area is 104 Å². The van der Waals surface area contributed by atoms with Gasteiger partial charge in [-0.25, -0.2) is 9.97 Å². The summed E-state index contributed by atoms with van der Waals surface area (Å²) in [5, 5.41) is 6.47. The van der Waals surface area contributed by atoms with Crippen molar-refractivity contribution in [3.05, 3.63) is 11.9 Å². The van der Waals surface area contributed by atoms with E-state index in [2.05, 4.69) is 41.4 Å². The highest BCUT2D eigenvalue weighted by molar-refractivity contribution is 5.47. The average Bonchev–Trinajstić information content (AvgIpc) is 2.39. The summed E-state index contributed by atoms with van der Waals surface area (Å²) >= 11 is 0. The van der Waals surface area contributed by atoms with E-state index in [0.29, 0.717) is 5.92 Å². The predicted octanol–water partition coefficient (Wildman–Crippen LogP) is 2.93. The highest BCUT2D eigenvalue weighted by atomic mass is 15.1. The molecule has 0 aliphatic rings. The van der Waals surface area contributed by atoms with E-state index in [9.17, 15) is 0 Å². The van der Waals surface area contributed by atoms with Gasteiger partial charge in [-0.05, 0) is 5.92 Å². The second-order valence-electron chi connectivity index (χ2n) is 4.22. The summed E-state index contributed by atoms with van der Waals surface area (Å²) in [5.74, 6) is 3.40. The van der Waals surface area contributed by atoms with Gasteiger partial charge in [-0.1, -0.05) is 33.6 Å². The van der Waals surface area contributed by atoms with Gasteiger partial charge >= 0.3 is 0 Å². The molecule has 0 spiro atoms. The van der Waals surface area contributed by atoms with Crippen LogP contribution in [0, 0.1) is 5.92 Å². The maximum absolute atomic E-state index is 4.48. The highest BCUT2D eigenvalue weighted by Gasteiger charge is 2.05. The zero-order chi connectivity index (χ0) is 12.7. The molecule has 1 aromatic heterocycles. The highest BCUT2D eigenvalue weighted by Crippen LogP contribution is 2.13. The van der Waals surface area contributed by atoms with Gasteiger partial charge in [0.05, 0.1) is 0 Å². The van der Waals surface area contributed by atoms with E-state index in [1.165, 1.54) is 12.8 Å². The lowest BCUT2D eigenvalue weighted by Gasteiger charge is -2.14. The Morgan fingerprint density at radius 2 is 1.76 bits per heavy atom. The van der Waals surface area contributed by atoms with Crippen molar-refractivity contribution in [3.63, 3.8) is 0 Å². The summed E-state index contributed by atoms with van der Waals surface area (Å²) in [6, 6.07) is 1.96. The first-order valence-corrected chi connectivity index (χ1v) is 6.52. The normalized spacial score (nSPS) is 10.6. The Bertz CT molecular complexity index is 312. The molecule has 0 saturated heterocycles. The van der Waals surface area contributed by atoms with Crippen LogP contribution in [0.1, 0.15) is 39.4 Å². The number of aromatic nitrogens is 2. The Morgan fingerprint density at radius 3 is 2.29 bits per heavy atom. The van der Waals surface area contributed by atoms with Gasteiger partial charge in [0.15, 0.2) is 0 Å². The standard InChI is InChI=1S/C13H24N4/c1-5-10(6-2)9-15-13-8-12(14-4)16-11(7-3)17-13/h8,10H,5-7,9H2,1-4H3,(H2,14,15,16,17). The minimum atomic E-state index is 0.716. The number of rotatable bonds is 7. The van der Waals surface area contributed by atoms with Crippen molar-refractivity contribution in [2.75, 3.05) is 24.2 Å². The molecule has 0 saturated carbocycles. The summed E-state index contributed by atoms with van der Waals surface area (Å²) in [4.78, 5) is 8.85. The lowest BCUT2D eigenvalue weighted by molar-refractivity contribution is 0.518.